The number of hydrogen-bond donors (Lipinski definition) is 3. The van der Waals surface area contributed by atoms with Gasteiger partial charge < -0.3 is 15.6 Å². The van der Waals surface area contributed by atoms with Gasteiger partial charge in [-0.1, -0.05) is 36.4 Å². The van der Waals surface area contributed by atoms with Gasteiger partial charge in [0.2, 0.25) is 0 Å². The number of aryl methyl sites for hydroxylation is 2. The molecule has 0 fully saturated rings. The average Bonchev–Trinajstić information content (AvgIpc) is 2.94. The van der Waals surface area contributed by atoms with Gasteiger partial charge in [0.15, 0.2) is 5.11 Å². The third-order valence-corrected chi connectivity index (χ3v) is 5.04. The lowest BCUT2D eigenvalue weighted by Crippen LogP contribution is -2.41. The van der Waals surface area contributed by atoms with Crippen LogP contribution in [0.5, 0.6) is 0 Å². The Labute approximate surface area is 147 Å². The van der Waals surface area contributed by atoms with Crippen LogP contribution in [0.3, 0.4) is 0 Å². The van der Waals surface area contributed by atoms with Crippen molar-refractivity contribution >= 4 is 33.9 Å². The van der Waals surface area contributed by atoms with Crippen LogP contribution >= 0.6 is 12.2 Å². The van der Waals surface area contributed by atoms with E-state index >= 15 is 0 Å². The van der Waals surface area contributed by atoms with Gasteiger partial charge in [0.05, 0.1) is 0 Å². The second-order valence-electron chi connectivity index (χ2n) is 6.48. The number of hydrogen-bond acceptors (Lipinski definition) is 1. The minimum absolute atomic E-state index is 0.370. The fourth-order valence-corrected chi connectivity index (χ4v) is 3.84. The van der Waals surface area contributed by atoms with Gasteiger partial charge in [0.25, 0.3) is 0 Å². The molecule has 1 aliphatic carbocycles. The lowest BCUT2D eigenvalue weighted by molar-refractivity contribution is 0.527. The summed E-state index contributed by atoms with van der Waals surface area (Å²) >= 11 is 5.51. The first kappa shape index (κ1) is 15.2. The summed E-state index contributed by atoms with van der Waals surface area (Å²) in [6.45, 7) is 2.09. The van der Waals surface area contributed by atoms with Crippen molar-refractivity contribution in [3.63, 3.8) is 0 Å². The number of benzene rings is 2. The molecule has 0 spiro atoms. The van der Waals surface area contributed by atoms with E-state index in [4.69, 9.17) is 12.2 Å². The fourth-order valence-electron chi connectivity index (χ4n) is 3.56. The standard InChI is InChI=1S/C20H21N3S/c1-13-6-2-4-8-17(13)23-20(24)21-14-10-11-16-15-7-3-5-9-18(15)22-19(16)12-14/h2-9,14,22H,10-12H2,1H3,(H2,21,23,24). The quantitative estimate of drug-likeness (QED) is 0.611. The van der Waals surface area contributed by atoms with Crippen LogP contribution in [0.4, 0.5) is 5.69 Å². The van der Waals surface area contributed by atoms with Crippen LogP contribution in [0, 0.1) is 6.92 Å². The molecule has 4 rings (SSSR count). The molecule has 24 heavy (non-hydrogen) atoms. The molecule has 0 saturated heterocycles. The van der Waals surface area contributed by atoms with Crippen molar-refractivity contribution in [3.05, 3.63) is 65.4 Å². The van der Waals surface area contributed by atoms with Crippen molar-refractivity contribution in [2.24, 2.45) is 0 Å². The van der Waals surface area contributed by atoms with Crippen molar-refractivity contribution in [1.82, 2.24) is 10.3 Å². The molecule has 1 aromatic heterocycles. The second kappa shape index (κ2) is 6.29. The molecule has 0 bridgehead atoms. The molecule has 2 aromatic carbocycles. The zero-order valence-corrected chi connectivity index (χ0v) is 14.5. The highest BCUT2D eigenvalue weighted by Crippen LogP contribution is 2.29. The minimum atomic E-state index is 0.370. The van der Waals surface area contributed by atoms with Gasteiger partial charge in [-0.2, -0.15) is 0 Å². The summed E-state index contributed by atoms with van der Waals surface area (Å²) < 4.78 is 0. The molecule has 0 saturated carbocycles. The lowest BCUT2D eigenvalue weighted by Gasteiger charge is -2.25. The molecule has 3 aromatic rings. The monoisotopic (exact) mass is 335 g/mol. The highest BCUT2D eigenvalue weighted by atomic mass is 32.1. The van der Waals surface area contributed by atoms with Gasteiger partial charge in [-0.25, -0.2) is 0 Å². The van der Waals surface area contributed by atoms with Gasteiger partial charge in [-0.05, 0) is 55.2 Å². The van der Waals surface area contributed by atoms with Gasteiger partial charge >= 0.3 is 0 Å². The molecular formula is C20H21N3S. The van der Waals surface area contributed by atoms with E-state index in [2.05, 4.69) is 58.9 Å². The van der Waals surface area contributed by atoms with E-state index in [9.17, 15) is 0 Å². The van der Waals surface area contributed by atoms with Crippen molar-refractivity contribution in [3.8, 4) is 0 Å². The molecule has 1 unspecified atom stereocenters. The number of para-hydroxylation sites is 2. The minimum Gasteiger partial charge on any atom is -0.359 e. The maximum Gasteiger partial charge on any atom is 0.171 e. The van der Waals surface area contributed by atoms with Crippen LogP contribution in [-0.2, 0) is 12.8 Å². The molecule has 1 aliphatic rings. The van der Waals surface area contributed by atoms with Crippen LogP contribution < -0.4 is 10.6 Å². The Balaban J connectivity index is 1.45. The SMILES string of the molecule is Cc1ccccc1NC(=S)NC1CCc2c([nH]c3ccccc23)C1. The summed E-state index contributed by atoms with van der Waals surface area (Å²) in [6, 6.07) is 17.1. The van der Waals surface area contributed by atoms with Crippen molar-refractivity contribution < 1.29 is 0 Å². The Hall–Kier alpha value is -2.33. The van der Waals surface area contributed by atoms with Crippen molar-refractivity contribution in [1.29, 1.82) is 0 Å². The first-order valence-electron chi connectivity index (χ1n) is 8.42. The molecular weight excluding hydrogens is 314 g/mol. The zero-order chi connectivity index (χ0) is 16.5. The van der Waals surface area contributed by atoms with E-state index in [-0.39, 0.29) is 0 Å². The van der Waals surface area contributed by atoms with Gasteiger partial charge in [0, 0.05) is 34.7 Å². The first-order chi connectivity index (χ1) is 11.7. The Morgan fingerprint density at radius 1 is 1.12 bits per heavy atom. The number of H-pyrrole nitrogens is 1. The van der Waals surface area contributed by atoms with Crippen LogP contribution in [0.1, 0.15) is 23.2 Å². The third-order valence-electron chi connectivity index (χ3n) is 4.82. The normalized spacial score (nSPS) is 16.6. The summed E-state index contributed by atoms with van der Waals surface area (Å²) in [5, 5.41) is 8.87. The maximum atomic E-state index is 5.51. The largest absolute Gasteiger partial charge is 0.359 e. The number of nitrogens with one attached hydrogen (secondary N) is 3. The Bertz CT molecular complexity index is 897. The van der Waals surface area contributed by atoms with Crippen LogP contribution in [0.15, 0.2) is 48.5 Å². The molecule has 0 amide bonds. The highest BCUT2D eigenvalue weighted by Gasteiger charge is 2.22. The van der Waals surface area contributed by atoms with Crippen LogP contribution in [-0.4, -0.2) is 16.1 Å². The average molecular weight is 335 g/mol. The topological polar surface area (TPSA) is 39.8 Å². The molecule has 1 atom stereocenters. The van der Waals surface area contributed by atoms with Crippen molar-refractivity contribution in [2.75, 3.05) is 5.32 Å². The summed E-state index contributed by atoms with van der Waals surface area (Å²) in [5.41, 5.74) is 6.32. The Morgan fingerprint density at radius 3 is 2.79 bits per heavy atom. The number of rotatable bonds is 2. The zero-order valence-electron chi connectivity index (χ0n) is 13.7. The third kappa shape index (κ3) is 2.89. The Morgan fingerprint density at radius 2 is 1.92 bits per heavy atom. The highest BCUT2D eigenvalue weighted by molar-refractivity contribution is 7.80. The van der Waals surface area contributed by atoms with E-state index in [1.807, 2.05) is 12.1 Å². The number of fused-ring (bicyclic) bond motifs is 3. The number of anilines is 1. The summed E-state index contributed by atoms with van der Waals surface area (Å²) in [5.74, 6) is 0. The van der Waals surface area contributed by atoms with Crippen LogP contribution in [0.2, 0.25) is 0 Å². The summed E-state index contributed by atoms with van der Waals surface area (Å²) in [4.78, 5) is 3.57. The van der Waals surface area contributed by atoms with E-state index in [0.29, 0.717) is 11.2 Å². The van der Waals surface area contributed by atoms with E-state index in [1.54, 1.807) is 0 Å². The fraction of sp³-hybridized carbons (Fsp3) is 0.250. The van der Waals surface area contributed by atoms with Gasteiger partial charge in [-0.15, -0.1) is 0 Å². The predicted molar refractivity (Wildman–Crippen MR) is 105 cm³/mol. The maximum absolute atomic E-state index is 5.51. The molecule has 122 valence electrons. The number of aromatic nitrogens is 1. The molecule has 4 heteroatoms. The van der Waals surface area contributed by atoms with Gasteiger partial charge in [-0.3, -0.25) is 0 Å². The molecule has 3 nitrogen and oxygen atoms in total. The smallest absolute Gasteiger partial charge is 0.171 e. The van der Waals surface area contributed by atoms with Crippen LogP contribution in [0.25, 0.3) is 10.9 Å². The predicted octanol–water partition coefficient (Wildman–Crippen LogP) is 4.32. The van der Waals surface area contributed by atoms with Gasteiger partial charge in [0.1, 0.15) is 0 Å². The molecule has 1 heterocycles. The first-order valence-corrected chi connectivity index (χ1v) is 8.83. The van der Waals surface area contributed by atoms with Crippen molar-refractivity contribution in [2.45, 2.75) is 32.2 Å². The molecule has 0 radical (unpaired) electrons. The molecule has 3 N–H and O–H groups in total. The van der Waals surface area contributed by atoms with E-state index in [1.165, 1.54) is 27.7 Å². The Kier molecular flexibility index (Phi) is 3.98. The summed E-state index contributed by atoms with van der Waals surface area (Å²) in [7, 11) is 0. The van der Waals surface area contributed by atoms with E-state index in [0.717, 1.165) is 24.9 Å². The second-order valence-corrected chi connectivity index (χ2v) is 6.89. The number of aromatic amines is 1. The number of thiocarbonyl (C=S) groups is 1. The lowest BCUT2D eigenvalue weighted by atomic mass is 9.92. The summed E-state index contributed by atoms with van der Waals surface area (Å²) in [6.07, 6.45) is 3.17. The van der Waals surface area contributed by atoms with E-state index < -0.39 is 0 Å². The molecule has 0 aliphatic heterocycles.